The zero-order valence-corrected chi connectivity index (χ0v) is 16.6. The van der Waals surface area contributed by atoms with Crippen LogP contribution in [0.3, 0.4) is 0 Å². The van der Waals surface area contributed by atoms with Crippen molar-refractivity contribution in [1.29, 1.82) is 0 Å². The molecule has 2 rings (SSSR count). The predicted octanol–water partition coefficient (Wildman–Crippen LogP) is 4.85. The van der Waals surface area contributed by atoms with Gasteiger partial charge in [-0.15, -0.1) is 0 Å². The Balaban J connectivity index is 2.09. The molecule has 0 spiro atoms. The number of carbonyl (C=O) groups is 2. The average molecular weight is 378 g/mol. The predicted molar refractivity (Wildman–Crippen MR) is 102 cm³/mol. The van der Waals surface area contributed by atoms with E-state index in [0.717, 1.165) is 18.4 Å². The highest BCUT2D eigenvalue weighted by atomic mass is 19.1. The Labute approximate surface area is 161 Å². The normalized spacial score (nSPS) is 16.4. The smallest absolute Gasteiger partial charge is 0.310 e. The molecule has 4 nitrogen and oxygen atoms in total. The molecule has 27 heavy (non-hydrogen) atoms. The molecule has 0 heterocycles. The number of hydrogen-bond acceptors (Lipinski definition) is 4. The van der Waals surface area contributed by atoms with E-state index >= 15 is 0 Å². The summed E-state index contributed by atoms with van der Waals surface area (Å²) < 4.78 is 23.9. The molecular formula is C22H31FO4. The highest BCUT2D eigenvalue weighted by molar-refractivity contribution is 5.82. The van der Waals surface area contributed by atoms with Crippen molar-refractivity contribution in [2.24, 2.45) is 17.8 Å². The van der Waals surface area contributed by atoms with Crippen molar-refractivity contribution in [1.82, 2.24) is 0 Å². The fraction of sp³-hybridized carbons (Fsp3) is 0.636. The van der Waals surface area contributed by atoms with Crippen LogP contribution >= 0.6 is 0 Å². The standard InChI is InChI=1S/C22H31FO4/c1-22(2,3)27-21(25)19(14-16-11-12-16)18(10-7-13-23)20(24)26-15-17-8-5-4-6-9-17/h4-6,8-9,16,18-19H,7,10-15H2,1-3H3/t18-,19-/m1/s1. The number of hydrogen-bond donors (Lipinski definition) is 0. The first-order chi connectivity index (χ1) is 12.8. The summed E-state index contributed by atoms with van der Waals surface area (Å²) in [4.78, 5) is 25.6. The van der Waals surface area contributed by atoms with Crippen LogP contribution in [0, 0.1) is 17.8 Å². The van der Waals surface area contributed by atoms with Gasteiger partial charge in [0, 0.05) is 0 Å². The van der Waals surface area contributed by atoms with Crippen LogP contribution in [-0.4, -0.2) is 24.2 Å². The minimum Gasteiger partial charge on any atom is -0.461 e. The summed E-state index contributed by atoms with van der Waals surface area (Å²) in [5, 5.41) is 0. The molecule has 0 N–H and O–H groups in total. The van der Waals surface area contributed by atoms with Gasteiger partial charge in [0.25, 0.3) is 0 Å². The van der Waals surface area contributed by atoms with E-state index in [4.69, 9.17) is 9.47 Å². The lowest BCUT2D eigenvalue weighted by Gasteiger charge is -2.28. The van der Waals surface area contributed by atoms with Crippen LogP contribution in [0.15, 0.2) is 30.3 Å². The minimum atomic E-state index is -0.667. The zero-order valence-electron chi connectivity index (χ0n) is 16.6. The molecule has 0 bridgehead atoms. The number of halogens is 1. The summed E-state index contributed by atoms with van der Waals surface area (Å²) >= 11 is 0. The minimum absolute atomic E-state index is 0.149. The molecule has 0 amide bonds. The molecule has 2 atom stereocenters. The van der Waals surface area contributed by atoms with Gasteiger partial charge in [0.1, 0.15) is 12.2 Å². The van der Waals surface area contributed by atoms with Gasteiger partial charge in [-0.1, -0.05) is 43.2 Å². The summed E-state index contributed by atoms with van der Waals surface area (Å²) in [7, 11) is 0. The molecule has 5 heteroatoms. The van der Waals surface area contributed by atoms with Gasteiger partial charge >= 0.3 is 11.9 Å². The topological polar surface area (TPSA) is 52.6 Å². The third-order valence-corrected chi connectivity index (χ3v) is 4.65. The summed E-state index contributed by atoms with van der Waals surface area (Å²) in [6, 6.07) is 9.39. The highest BCUT2D eigenvalue weighted by Crippen LogP contribution is 2.39. The average Bonchev–Trinajstić information content (AvgIpc) is 3.42. The number of esters is 2. The SMILES string of the molecule is CC(C)(C)OC(=O)[C@H](CC1CC1)[C@@H](CCCF)C(=O)OCc1ccccc1. The van der Waals surface area contributed by atoms with Gasteiger partial charge in [0.2, 0.25) is 0 Å². The van der Waals surface area contributed by atoms with Crippen molar-refractivity contribution in [3.63, 3.8) is 0 Å². The Morgan fingerprint density at radius 1 is 1.11 bits per heavy atom. The van der Waals surface area contributed by atoms with Gasteiger partial charge < -0.3 is 9.47 Å². The molecule has 0 radical (unpaired) electrons. The van der Waals surface area contributed by atoms with E-state index in [2.05, 4.69) is 0 Å². The van der Waals surface area contributed by atoms with E-state index in [1.807, 2.05) is 51.1 Å². The molecule has 1 saturated carbocycles. The Morgan fingerprint density at radius 2 is 1.78 bits per heavy atom. The van der Waals surface area contributed by atoms with Gasteiger partial charge in [-0.25, -0.2) is 0 Å². The van der Waals surface area contributed by atoms with E-state index in [1.165, 1.54) is 0 Å². The fourth-order valence-electron chi connectivity index (χ4n) is 3.13. The van der Waals surface area contributed by atoms with Crippen molar-refractivity contribution in [3.05, 3.63) is 35.9 Å². The van der Waals surface area contributed by atoms with Crippen LogP contribution in [-0.2, 0) is 25.7 Å². The number of alkyl halides is 1. The maximum absolute atomic E-state index is 12.8. The lowest BCUT2D eigenvalue weighted by atomic mass is 9.84. The van der Waals surface area contributed by atoms with Crippen molar-refractivity contribution in [3.8, 4) is 0 Å². The monoisotopic (exact) mass is 378 g/mol. The van der Waals surface area contributed by atoms with Crippen molar-refractivity contribution in [2.75, 3.05) is 6.67 Å². The van der Waals surface area contributed by atoms with Gasteiger partial charge in [-0.2, -0.15) is 0 Å². The van der Waals surface area contributed by atoms with Crippen LogP contribution < -0.4 is 0 Å². The Kier molecular flexibility index (Phi) is 7.81. The third-order valence-electron chi connectivity index (χ3n) is 4.65. The van der Waals surface area contributed by atoms with Crippen LogP contribution in [0.25, 0.3) is 0 Å². The quantitative estimate of drug-likeness (QED) is 0.546. The Bertz CT molecular complexity index is 604. The van der Waals surface area contributed by atoms with Gasteiger partial charge in [0.05, 0.1) is 18.5 Å². The molecule has 1 aliphatic rings. The van der Waals surface area contributed by atoms with E-state index < -0.39 is 30.1 Å². The summed E-state index contributed by atoms with van der Waals surface area (Å²) in [5.41, 5.74) is 0.253. The molecule has 1 aromatic carbocycles. The Morgan fingerprint density at radius 3 is 2.33 bits per heavy atom. The first kappa shape index (κ1) is 21.4. The van der Waals surface area contributed by atoms with Crippen molar-refractivity contribution in [2.45, 2.75) is 65.1 Å². The van der Waals surface area contributed by atoms with E-state index in [9.17, 15) is 14.0 Å². The van der Waals surface area contributed by atoms with E-state index in [0.29, 0.717) is 18.8 Å². The summed E-state index contributed by atoms with van der Waals surface area (Å²) in [6.45, 7) is 5.05. The first-order valence-corrected chi connectivity index (χ1v) is 9.79. The summed E-state index contributed by atoms with van der Waals surface area (Å²) in [6.07, 6.45) is 3.25. The molecule has 0 aliphatic heterocycles. The molecule has 150 valence electrons. The van der Waals surface area contributed by atoms with Crippen molar-refractivity contribution >= 4 is 11.9 Å². The van der Waals surface area contributed by atoms with E-state index in [-0.39, 0.29) is 19.0 Å². The number of carbonyl (C=O) groups excluding carboxylic acids is 2. The fourth-order valence-corrected chi connectivity index (χ4v) is 3.13. The second-order valence-corrected chi connectivity index (χ2v) is 8.35. The van der Waals surface area contributed by atoms with Crippen molar-refractivity contribution < 1.29 is 23.5 Å². The number of ether oxygens (including phenoxy) is 2. The van der Waals surface area contributed by atoms with Gasteiger partial charge in [0.15, 0.2) is 0 Å². The largest absolute Gasteiger partial charge is 0.461 e. The second-order valence-electron chi connectivity index (χ2n) is 8.35. The number of rotatable bonds is 10. The molecule has 0 aromatic heterocycles. The molecule has 0 saturated heterocycles. The molecule has 0 unspecified atom stereocenters. The van der Waals surface area contributed by atoms with Gasteiger partial charge in [-0.05, 0) is 51.5 Å². The zero-order chi connectivity index (χ0) is 19.9. The third kappa shape index (κ3) is 7.69. The second kappa shape index (κ2) is 9.86. The molecule has 1 aromatic rings. The first-order valence-electron chi connectivity index (χ1n) is 9.79. The van der Waals surface area contributed by atoms with E-state index in [1.54, 1.807) is 0 Å². The summed E-state index contributed by atoms with van der Waals surface area (Å²) in [5.74, 6) is -1.62. The lowest BCUT2D eigenvalue weighted by Crippen LogP contribution is -2.36. The Hall–Kier alpha value is -1.91. The van der Waals surface area contributed by atoms with Gasteiger partial charge in [-0.3, -0.25) is 14.0 Å². The molecule has 1 aliphatic carbocycles. The highest BCUT2D eigenvalue weighted by Gasteiger charge is 2.40. The lowest BCUT2D eigenvalue weighted by molar-refractivity contribution is -0.169. The molecule has 1 fully saturated rings. The van der Waals surface area contributed by atoms with Crippen LogP contribution in [0.5, 0.6) is 0 Å². The van der Waals surface area contributed by atoms with Crippen LogP contribution in [0.2, 0.25) is 0 Å². The van der Waals surface area contributed by atoms with Crippen LogP contribution in [0.4, 0.5) is 4.39 Å². The molecular weight excluding hydrogens is 347 g/mol. The maximum Gasteiger partial charge on any atom is 0.310 e. The number of benzene rings is 1. The van der Waals surface area contributed by atoms with Crippen LogP contribution in [0.1, 0.15) is 58.4 Å². The maximum atomic E-state index is 12.8.